The molecule has 140 valence electrons. The number of tetrazole rings is 1. The van der Waals surface area contributed by atoms with E-state index < -0.39 is 21.7 Å². The van der Waals surface area contributed by atoms with Gasteiger partial charge in [-0.1, -0.05) is 0 Å². The lowest BCUT2D eigenvalue weighted by Crippen LogP contribution is -2.21. The molecule has 0 aliphatic heterocycles. The zero-order chi connectivity index (χ0) is 19.6. The summed E-state index contributed by atoms with van der Waals surface area (Å²) in [6.45, 7) is 0. The van der Waals surface area contributed by atoms with Gasteiger partial charge in [-0.2, -0.15) is 9.36 Å². The van der Waals surface area contributed by atoms with Crippen LogP contribution in [0.25, 0.3) is 5.69 Å². The second kappa shape index (κ2) is 7.03. The highest BCUT2D eigenvalue weighted by molar-refractivity contribution is 7.92. The summed E-state index contributed by atoms with van der Waals surface area (Å²) in [5, 5.41) is 7.32. The fourth-order valence-corrected chi connectivity index (χ4v) is 3.31. The molecule has 0 aliphatic carbocycles. The molecule has 0 bridgehead atoms. The maximum Gasteiger partial charge on any atom is 0.368 e. The number of sulfonamides is 1. The molecule has 1 heterocycles. The summed E-state index contributed by atoms with van der Waals surface area (Å²) >= 11 is 0. The van der Waals surface area contributed by atoms with E-state index in [2.05, 4.69) is 19.9 Å². The van der Waals surface area contributed by atoms with Crippen molar-refractivity contribution in [1.82, 2.24) is 19.8 Å². The van der Waals surface area contributed by atoms with E-state index in [1.807, 2.05) is 0 Å². The second-order valence-corrected chi connectivity index (χ2v) is 7.15. The third-order valence-corrected chi connectivity index (χ3v) is 5.07. The molecule has 0 unspecified atom stereocenters. The molecule has 0 spiro atoms. The van der Waals surface area contributed by atoms with Crippen molar-refractivity contribution in [3.8, 4) is 5.69 Å². The van der Waals surface area contributed by atoms with Gasteiger partial charge in [0, 0.05) is 12.7 Å². The van der Waals surface area contributed by atoms with E-state index in [-0.39, 0.29) is 10.5 Å². The Morgan fingerprint density at radius 2 is 1.67 bits per heavy atom. The van der Waals surface area contributed by atoms with E-state index in [0.29, 0.717) is 11.4 Å². The lowest BCUT2D eigenvalue weighted by Gasteiger charge is -2.09. The lowest BCUT2D eigenvalue weighted by molar-refractivity contribution is 0.0600. The Balaban J connectivity index is 1.80. The summed E-state index contributed by atoms with van der Waals surface area (Å²) in [5.74, 6) is -0.554. The Hall–Kier alpha value is -3.47. The van der Waals surface area contributed by atoms with Crippen LogP contribution in [0.4, 0.5) is 5.69 Å². The van der Waals surface area contributed by atoms with E-state index in [0.717, 1.165) is 9.36 Å². The van der Waals surface area contributed by atoms with Crippen molar-refractivity contribution in [1.29, 1.82) is 0 Å². The molecule has 1 aromatic heterocycles. The average molecular weight is 389 g/mol. The predicted octanol–water partition coefficient (Wildman–Crippen LogP) is 0.553. The van der Waals surface area contributed by atoms with Crippen molar-refractivity contribution >= 4 is 21.7 Å². The number of aromatic nitrogens is 4. The smallest absolute Gasteiger partial charge is 0.368 e. The van der Waals surface area contributed by atoms with Gasteiger partial charge in [-0.15, -0.1) is 0 Å². The van der Waals surface area contributed by atoms with Crippen LogP contribution in [0.2, 0.25) is 0 Å². The molecule has 0 fully saturated rings. The Morgan fingerprint density at radius 3 is 2.19 bits per heavy atom. The molecule has 0 amide bonds. The maximum absolute atomic E-state index is 12.5. The number of anilines is 1. The van der Waals surface area contributed by atoms with Crippen LogP contribution >= 0.6 is 0 Å². The molecular weight excluding hydrogens is 374 g/mol. The molecule has 1 N–H and O–H groups in total. The van der Waals surface area contributed by atoms with Gasteiger partial charge in [0.2, 0.25) is 0 Å². The minimum atomic E-state index is -3.85. The van der Waals surface area contributed by atoms with E-state index >= 15 is 0 Å². The van der Waals surface area contributed by atoms with Gasteiger partial charge in [0.05, 0.1) is 23.3 Å². The minimum Gasteiger partial charge on any atom is -0.465 e. The number of aryl methyl sites for hydroxylation is 1. The molecular formula is C16H15N5O5S. The standard InChI is InChI=1S/C16H15N5O5S/c1-20-16(23)21(19-18-20)13-7-5-12(6-8-13)17-27(24,25)14-9-3-11(4-10-14)15(22)26-2/h3-10,17H,1-2H3. The van der Waals surface area contributed by atoms with Crippen LogP contribution in [0.1, 0.15) is 10.4 Å². The number of ether oxygens (including phenoxy) is 1. The van der Waals surface area contributed by atoms with Gasteiger partial charge in [0.15, 0.2) is 0 Å². The highest BCUT2D eigenvalue weighted by Crippen LogP contribution is 2.18. The van der Waals surface area contributed by atoms with E-state index in [1.165, 1.54) is 62.7 Å². The van der Waals surface area contributed by atoms with Gasteiger partial charge in [-0.25, -0.2) is 18.0 Å². The van der Waals surface area contributed by atoms with E-state index in [4.69, 9.17) is 0 Å². The normalized spacial score (nSPS) is 11.2. The number of rotatable bonds is 5. The molecule has 0 saturated carbocycles. The number of carbonyl (C=O) groups is 1. The number of hydrogen-bond acceptors (Lipinski definition) is 7. The summed E-state index contributed by atoms with van der Waals surface area (Å²) in [6, 6.07) is 11.4. The summed E-state index contributed by atoms with van der Waals surface area (Å²) in [6.07, 6.45) is 0. The maximum atomic E-state index is 12.5. The molecule has 0 atom stereocenters. The van der Waals surface area contributed by atoms with Crippen LogP contribution in [0.3, 0.4) is 0 Å². The van der Waals surface area contributed by atoms with Gasteiger partial charge in [-0.3, -0.25) is 4.72 Å². The fraction of sp³-hybridized carbons (Fsp3) is 0.125. The van der Waals surface area contributed by atoms with Gasteiger partial charge in [-0.05, 0) is 59.0 Å². The van der Waals surface area contributed by atoms with Crippen molar-refractivity contribution in [2.75, 3.05) is 11.8 Å². The summed E-state index contributed by atoms with van der Waals surface area (Å²) in [7, 11) is -1.13. The number of methoxy groups -OCH3 is 1. The van der Waals surface area contributed by atoms with Crippen molar-refractivity contribution in [3.05, 3.63) is 64.6 Å². The van der Waals surface area contributed by atoms with E-state index in [9.17, 15) is 18.0 Å². The average Bonchev–Trinajstić information content (AvgIpc) is 3.00. The van der Waals surface area contributed by atoms with Crippen molar-refractivity contribution in [3.63, 3.8) is 0 Å². The number of nitrogens with one attached hydrogen (secondary N) is 1. The van der Waals surface area contributed by atoms with E-state index in [1.54, 1.807) is 0 Å². The molecule has 2 aromatic carbocycles. The number of carbonyl (C=O) groups excluding carboxylic acids is 1. The van der Waals surface area contributed by atoms with Crippen molar-refractivity contribution < 1.29 is 17.9 Å². The van der Waals surface area contributed by atoms with Crippen LogP contribution in [-0.2, 0) is 21.8 Å². The molecule has 10 nitrogen and oxygen atoms in total. The first-order valence-electron chi connectivity index (χ1n) is 7.62. The largest absolute Gasteiger partial charge is 0.465 e. The molecule has 11 heteroatoms. The van der Waals surface area contributed by atoms with Crippen LogP contribution in [0.5, 0.6) is 0 Å². The minimum absolute atomic E-state index is 0.00984. The third-order valence-electron chi connectivity index (χ3n) is 3.67. The first-order valence-corrected chi connectivity index (χ1v) is 9.11. The molecule has 27 heavy (non-hydrogen) atoms. The molecule has 0 saturated heterocycles. The zero-order valence-electron chi connectivity index (χ0n) is 14.4. The number of esters is 1. The summed E-state index contributed by atoms with van der Waals surface area (Å²) < 4.78 is 34.1. The van der Waals surface area contributed by atoms with Gasteiger partial charge in [0.1, 0.15) is 0 Å². The first kappa shape index (κ1) is 18.3. The Kier molecular flexibility index (Phi) is 4.77. The van der Waals surface area contributed by atoms with Crippen molar-refractivity contribution in [2.24, 2.45) is 7.05 Å². The number of nitrogens with zero attached hydrogens (tertiary/aromatic N) is 4. The molecule has 0 radical (unpaired) electrons. The second-order valence-electron chi connectivity index (χ2n) is 5.47. The van der Waals surface area contributed by atoms with Crippen LogP contribution in [-0.4, -0.2) is 41.3 Å². The zero-order valence-corrected chi connectivity index (χ0v) is 15.2. The third kappa shape index (κ3) is 3.72. The molecule has 0 aliphatic rings. The monoisotopic (exact) mass is 389 g/mol. The quantitative estimate of drug-likeness (QED) is 0.632. The number of benzene rings is 2. The summed E-state index contributed by atoms with van der Waals surface area (Å²) in [5.41, 5.74) is 0.565. The fourth-order valence-electron chi connectivity index (χ4n) is 2.25. The Bertz CT molecular complexity index is 1130. The predicted molar refractivity (Wildman–Crippen MR) is 95.2 cm³/mol. The van der Waals surface area contributed by atoms with Gasteiger partial charge >= 0.3 is 11.7 Å². The Morgan fingerprint density at radius 1 is 1.04 bits per heavy atom. The first-order chi connectivity index (χ1) is 12.8. The highest BCUT2D eigenvalue weighted by Gasteiger charge is 2.16. The van der Waals surface area contributed by atoms with Crippen LogP contribution in [0.15, 0.2) is 58.2 Å². The topological polar surface area (TPSA) is 125 Å². The van der Waals surface area contributed by atoms with Crippen LogP contribution < -0.4 is 10.4 Å². The lowest BCUT2D eigenvalue weighted by atomic mass is 10.2. The Labute approximate surface area is 154 Å². The molecule has 3 aromatic rings. The van der Waals surface area contributed by atoms with Crippen molar-refractivity contribution in [2.45, 2.75) is 4.90 Å². The van der Waals surface area contributed by atoms with Gasteiger partial charge in [0.25, 0.3) is 10.0 Å². The summed E-state index contributed by atoms with van der Waals surface area (Å²) in [4.78, 5) is 23.2. The highest BCUT2D eigenvalue weighted by atomic mass is 32.2. The van der Waals surface area contributed by atoms with Gasteiger partial charge < -0.3 is 4.74 Å². The van der Waals surface area contributed by atoms with Crippen LogP contribution in [0, 0.1) is 0 Å². The SMILES string of the molecule is COC(=O)c1ccc(S(=O)(=O)Nc2ccc(-n3nnn(C)c3=O)cc2)cc1. The number of hydrogen-bond donors (Lipinski definition) is 1. The molecule has 3 rings (SSSR count).